The first-order valence-corrected chi connectivity index (χ1v) is 14.6. The summed E-state index contributed by atoms with van der Waals surface area (Å²) in [7, 11) is 0. The Kier molecular flexibility index (Phi) is 9.40. The molecular weight excluding hydrogens is 620 g/mol. The zero-order valence-electron chi connectivity index (χ0n) is 25.7. The summed E-state index contributed by atoms with van der Waals surface area (Å²) in [4.78, 5) is 64.3. The number of nitrogens with zero attached hydrogens (tertiary/aromatic N) is 1. The number of hydrogen-bond acceptors (Lipinski definition) is 9. The van der Waals surface area contributed by atoms with Crippen molar-refractivity contribution in [2.75, 3.05) is 11.9 Å². The average molecular weight is 652 g/mol. The van der Waals surface area contributed by atoms with Gasteiger partial charge in [-0.05, 0) is 69.2 Å². The number of imide groups is 1. The molecule has 0 spiro atoms. The molecule has 0 saturated carbocycles. The fourth-order valence-electron chi connectivity index (χ4n) is 5.02. The highest BCUT2D eigenvalue weighted by Crippen LogP contribution is 2.37. The first-order chi connectivity index (χ1) is 22.3. The molecule has 0 radical (unpaired) electrons. The first-order valence-electron chi connectivity index (χ1n) is 14.6. The zero-order valence-corrected chi connectivity index (χ0v) is 25.7. The molecule has 2 aliphatic heterocycles. The van der Waals surface area contributed by atoms with Crippen molar-refractivity contribution in [3.05, 3.63) is 82.9 Å². The summed E-state index contributed by atoms with van der Waals surface area (Å²) in [5.74, 6) is -3.89. The number of piperidine rings is 1. The van der Waals surface area contributed by atoms with Crippen molar-refractivity contribution in [3.63, 3.8) is 0 Å². The molecule has 246 valence electrons. The van der Waals surface area contributed by atoms with E-state index in [1.165, 1.54) is 35.2 Å². The van der Waals surface area contributed by atoms with Crippen LogP contribution in [-0.2, 0) is 37.0 Å². The van der Waals surface area contributed by atoms with Gasteiger partial charge in [0.05, 0.1) is 5.56 Å². The summed E-state index contributed by atoms with van der Waals surface area (Å²) >= 11 is 0. The molecule has 1 atom stereocenters. The van der Waals surface area contributed by atoms with Gasteiger partial charge >= 0.3 is 12.1 Å². The van der Waals surface area contributed by atoms with E-state index < -0.39 is 59.7 Å². The topological polar surface area (TPSA) is 150 Å². The Balaban J connectivity index is 1.28. The third-order valence-electron chi connectivity index (χ3n) is 7.07. The Hall–Kier alpha value is -5.53. The maximum atomic E-state index is 13.6. The van der Waals surface area contributed by atoms with Gasteiger partial charge in [0.2, 0.25) is 11.8 Å². The van der Waals surface area contributed by atoms with Crippen molar-refractivity contribution < 1.29 is 51.7 Å². The van der Waals surface area contributed by atoms with Crippen molar-refractivity contribution >= 4 is 35.5 Å². The molecule has 5 rings (SSSR count). The Bertz CT molecular complexity index is 1740. The summed E-state index contributed by atoms with van der Waals surface area (Å²) in [6, 6.07) is 11.5. The van der Waals surface area contributed by atoms with E-state index in [9.17, 15) is 32.8 Å². The van der Waals surface area contributed by atoms with E-state index in [2.05, 4.69) is 10.6 Å². The third kappa shape index (κ3) is 8.01. The van der Waals surface area contributed by atoms with E-state index in [1.807, 2.05) is 0 Å². The summed E-state index contributed by atoms with van der Waals surface area (Å²) in [6.07, 6.45) is -0.613. The summed E-state index contributed by atoms with van der Waals surface area (Å²) < 4.78 is 48.7. The number of hydrogen-bond donors (Lipinski definition) is 2. The van der Waals surface area contributed by atoms with Gasteiger partial charge in [-0.25, -0.2) is 18.4 Å². The van der Waals surface area contributed by atoms with Crippen LogP contribution in [0.25, 0.3) is 0 Å². The van der Waals surface area contributed by atoms with Crippen LogP contribution in [0.3, 0.4) is 0 Å². The first kappa shape index (κ1) is 32.9. The predicted molar refractivity (Wildman–Crippen MR) is 161 cm³/mol. The van der Waals surface area contributed by atoms with Crippen LogP contribution in [0.4, 0.5) is 19.3 Å². The minimum absolute atomic E-state index is 0.000292. The second-order valence-corrected chi connectivity index (χ2v) is 11.8. The molecule has 4 amide bonds. The van der Waals surface area contributed by atoms with Gasteiger partial charge in [-0.2, -0.15) is 0 Å². The SMILES string of the molecule is CC(C)(C)OC(=O)COc1c(COC(=O)Nc2ccc(Oc3ccc(F)c(F)c3)cc2)ccc2c1C(=O)N(C1CCC(=O)NC1=O)C2. The molecule has 1 fully saturated rings. The van der Waals surface area contributed by atoms with Gasteiger partial charge in [0.1, 0.15) is 35.5 Å². The average Bonchev–Trinajstić information content (AvgIpc) is 3.33. The van der Waals surface area contributed by atoms with Crippen molar-refractivity contribution in [2.45, 2.75) is 58.4 Å². The molecule has 1 saturated heterocycles. The number of halogens is 2. The number of esters is 1. The summed E-state index contributed by atoms with van der Waals surface area (Å²) in [6.45, 7) is 4.25. The van der Waals surface area contributed by atoms with E-state index in [1.54, 1.807) is 32.9 Å². The van der Waals surface area contributed by atoms with E-state index in [4.69, 9.17) is 18.9 Å². The number of benzene rings is 3. The predicted octanol–water partition coefficient (Wildman–Crippen LogP) is 4.99. The number of rotatable bonds is 9. The molecule has 0 aromatic heterocycles. The molecule has 2 heterocycles. The normalized spacial score (nSPS) is 15.9. The lowest BCUT2D eigenvalue weighted by atomic mass is 10.0. The van der Waals surface area contributed by atoms with Gasteiger partial charge in [-0.1, -0.05) is 12.1 Å². The third-order valence-corrected chi connectivity index (χ3v) is 7.07. The second-order valence-electron chi connectivity index (χ2n) is 11.8. The van der Waals surface area contributed by atoms with Crippen LogP contribution in [0.2, 0.25) is 0 Å². The van der Waals surface area contributed by atoms with Crippen LogP contribution in [0.15, 0.2) is 54.6 Å². The van der Waals surface area contributed by atoms with Crippen LogP contribution in [0.1, 0.15) is 55.1 Å². The van der Waals surface area contributed by atoms with Gasteiger partial charge in [0.25, 0.3) is 5.91 Å². The minimum Gasteiger partial charge on any atom is -0.481 e. The van der Waals surface area contributed by atoms with Crippen molar-refractivity contribution in [1.29, 1.82) is 0 Å². The molecule has 47 heavy (non-hydrogen) atoms. The summed E-state index contributed by atoms with van der Waals surface area (Å²) in [5, 5.41) is 4.80. The highest BCUT2D eigenvalue weighted by atomic mass is 19.2. The number of nitrogens with one attached hydrogen (secondary N) is 2. The maximum Gasteiger partial charge on any atom is 0.411 e. The number of fused-ring (bicyclic) bond motifs is 1. The van der Waals surface area contributed by atoms with E-state index in [-0.39, 0.29) is 48.6 Å². The molecule has 0 bridgehead atoms. The van der Waals surface area contributed by atoms with Gasteiger partial charge in [-0.3, -0.25) is 25.0 Å². The molecule has 14 heteroatoms. The number of amides is 4. The Morgan fingerprint density at radius 1 is 0.979 bits per heavy atom. The largest absolute Gasteiger partial charge is 0.481 e. The van der Waals surface area contributed by atoms with Crippen molar-refractivity contribution in [1.82, 2.24) is 10.2 Å². The Labute approximate surface area is 267 Å². The lowest BCUT2D eigenvalue weighted by Gasteiger charge is -2.29. The van der Waals surface area contributed by atoms with Crippen LogP contribution in [0.5, 0.6) is 17.2 Å². The van der Waals surface area contributed by atoms with Gasteiger partial charge < -0.3 is 23.8 Å². The number of anilines is 1. The van der Waals surface area contributed by atoms with E-state index in [0.29, 0.717) is 17.0 Å². The molecule has 3 aromatic carbocycles. The minimum atomic E-state index is -1.05. The van der Waals surface area contributed by atoms with E-state index >= 15 is 0 Å². The zero-order chi connectivity index (χ0) is 33.9. The molecule has 2 aliphatic rings. The maximum absolute atomic E-state index is 13.6. The van der Waals surface area contributed by atoms with Crippen molar-refractivity contribution in [3.8, 4) is 17.2 Å². The molecule has 3 aromatic rings. The molecule has 12 nitrogen and oxygen atoms in total. The molecule has 2 N–H and O–H groups in total. The highest BCUT2D eigenvalue weighted by Gasteiger charge is 2.41. The molecular formula is C33H31F2N3O9. The van der Waals surface area contributed by atoms with Crippen molar-refractivity contribution in [2.24, 2.45) is 0 Å². The highest BCUT2D eigenvalue weighted by molar-refractivity contribution is 6.06. The molecule has 1 unspecified atom stereocenters. The Morgan fingerprint density at radius 3 is 2.38 bits per heavy atom. The fourth-order valence-corrected chi connectivity index (χ4v) is 5.02. The van der Waals surface area contributed by atoms with Crippen LogP contribution >= 0.6 is 0 Å². The monoisotopic (exact) mass is 651 g/mol. The van der Waals surface area contributed by atoms with E-state index in [0.717, 1.165) is 12.1 Å². The Morgan fingerprint density at radius 2 is 1.70 bits per heavy atom. The smallest absolute Gasteiger partial charge is 0.411 e. The number of ether oxygens (including phenoxy) is 4. The fraction of sp³-hybridized carbons (Fsp3) is 0.303. The summed E-state index contributed by atoms with van der Waals surface area (Å²) in [5.41, 5.74) is 0.452. The van der Waals surface area contributed by atoms with Crippen LogP contribution in [0, 0.1) is 11.6 Å². The lowest BCUT2D eigenvalue weighted by Crippen LogP contribution is -2.52. The lowest BCUT2D eigenvalue weighted by molar-refractivity contribution is -0.157. The van der Waals surface area contributed by atoms with Gasteiger partial charge in [0, 0.05) is 30.3 Å². The van der Waals surface area contributed by atoms with Gasteiger partial charge in [-0.15, -0.1) is 0 Å². The van der Waals surface area contributed by atoms with Gasteiger partial charge in [0.15, 0.2) is 18.2 Å². The number of carbonyl (C=O) groups excluding carboxylic acids is 5. The standard InChI is InChI=1S/C33H31F2N3O9/c1-33(2,3)47-27(40)17-44-29-19(5-4-18-15-38(31(42)28(18)29)25-12-13-26(39)37-30(25)41)16-45-32(43)36-20-6-8-21(9-7-20)46-22-10-11-23(34)24(35)14-22/h4-11,14,25H,12-13,15-17H2,1-3H3,(H,36,43)(H,37,39,41). The van der Waals surface area contributed by atoms with Crippen LogP contribution < -0.4 is 20.1 Å². The van der Waals surface area contributed by atoms with Crippen LogP contribution in [-0.4, -0.2) is 52.9 Å². The second kappa shape index (κ2) is 13.4. The molecule has 0 aliphatic carbocycles. The quantitative estimate of drug-likeness (QED) is 0.241. The number of carbonyl (C=O) groups is 5.